The third-order valence-corrected chi connectivity index (χ3v) is 4.76. The summed E-state index contributed by atoms with van der Waals surface area (Å²) in [6.07, 6.45) is 0. The van der Waals surface area contributed by atoms with Crippen LogP contribution < -0.4 is 20.1 Å². The summed E-state index contributed by atoms with van der Waals surface area (Å²) in [7, 11) is 0. The summed E-state index contributed by atoms with van der Waals surface area (Å²) in [6.45, 7) is 12.8. The van der Waals surface area contributed by atoms with Crippen molar-refractivity contribution in [2.75, 3.05) is 19.9 Å². The average molecular weight is 514 g/mol. The molecule has 1 aliphatic heterocycles. The van der Waals surface area contributed by atoms with Gasteiger partial charge in [-0.2, -0.15) is 0 Å². The second-order valence-corrected chi connectivity index (χ2v) is 7.87. The van der Waals surface area contributed by atoms with Gasteiger partial charge in [-0.15, -0.1) is 24.0 Å². The summed E-state index contributed by atoms with van der Waals surface area (Å²) in [5.74, 6) is 3.46. The van der Waals surface area contributed by atoms with Crippen molar-refractivity contribution in [1.29, 1.82) is 0 Å². The van der Waals surface area contributed by atoms with Gasteiger partial charge in [0, 0.05) is 24.6 Å². The molecule has 2 heterocycles. The van der Waals surface area contributed by atoms with Gasteiger partial charge in [0.2, 0.25) is 6.79 Å². The number of fused-ring (bicyclic) bond motifs is 1. The van der Waals surface area contributed by atoms with Crippen LogP contribution in [0.4, 0.5) is 0 Å². The number of hydrogen-bond donors (Lipinski definition) is 2. The highest BCUT2D eigenvalue weighted by Crippen LogP contribution is 2.36. The molecule has 8 heteroatoms. The van der Waals surface area contributed by atoms with Gasteiger partial charge >= 0.3 is 0 Å². The maximum absolute atomic E-state index is 5.51. The molecule has 0 atom stereocenters. The number of guanidine groups is 1. The van der Waals surface area contributed by atoms with Crippen molar-refractivity contribution in [3.63, 3.8) is 0 Å². The molecule has 0 amide bonds. The topological polar surface area (TPSA) is 80.9 Å². The third-order valence-electron chi connectivity index (χ3n) is 4.76. The van der Waals surface area contributed by atoms with Gasteiger partial charge in [-0.25, -0.2) is 4.99 Å². The lowest BCUT2D eigenvalue weighted by Crippen LogP contribution is -2.43. The molecule has 1 aromatic heterocycles. The quantitative estimate of drug-likeness (QED) is 0.328. The maximum atomic E-state index is 5.51. The maximum Gasteiger partial charge on any atom is 0.231 e. The normalized spacial score (nSPS) is 13.4. The molecule has 3 rings (SSSR count). The largest absolute Gasteiger partial charge is 0.454 e. The Balaban J connectivity index is 0.00000300. The van der Waals surface area contributed by atoms with E-state index in [0.717, 1.165) is 35.5 Å². The highest BCUT2D eigenvalue weighted by atomic mass is 127. The molecule has 160 valence electrons. The molecule has 0 spiro atoms. The minimum absolute atomic E-state index is 0. The average Bonchev–Trinajstić information content (AvgIpc) is 3.32. The van der Waals surface area contributed by atoms with Crippen LogP contribution in [0.15, 0.2) is 33.8 Å². The first-order valence-electron chi connectivity index (χ1n) is 9.77. The highest BCUT2D eigenvalue weighted by Gasteiger charge is 2.24. The number of ether oxygens (including phenoxy) is 2. The molecule has 0 unspecified atom stereocenters. The highest BCUT2D eigenvalue weighted by molar-refractivity contribution is 14.0. The fourth-order valence-corrected chi connectivity index (χ4v) is 2.90. The molecule has 0 bridgehead atoms. The molecule has 0 radical (unpaired) electrons. The smallest absolute Gasteiger partial charge is 0.231 e. The van der Waals surface area contributed by atoms with E-state index in [0.29, 0.717) is 19.0 Å². The number of aromatic nitrogens is 1. The van der Waals surface area contributed by atoms with E-state index >= 15 is 0 Å². The Hall–Kier alpha value is -1.97. The van der Waals surface area contributed by atoms with Crippen LogP contribution in [0.25, 0.3) is 0 Å². The van der Waals surface area contributed by atoms with E-state index in [9.17, 15) is 0 Å². The van der Waals surface area contributed by atoms with Gasteiger partial charge in [0.05, 0.1) is 5.69 Å². The van der Waals surface area contributed by atoms with E-state index in [1.54, 1.807) is 0 Å². The Morgan fingerprint density at radius 2 is 1.93 bits per heavy atom. The van der Waals surface area contributed by atoms with Crippen LogP contribution in [-0.4, -0.2) is 31.0 Å². The first kappa shape index (κ1) is 23.3. The molecule has 7 nitrogen and oxygen atoms in total. The summed E-state index contributed by atoms with van der Waals surface area (Å²) in [4.78, 5) is 4.63. The number of halogens is 1. The Labute approximate surface area is 189 Å². The SMILES string of the molecule is CCNC(=NCc1cc(C(C)C)no1)NCC(C)(C)c1ccc2c(c1)OCO2.I. The van der Waals surface area contributed by atoms with Crippen molar-refractivity contribution in [3.8, 4) is 11.5 Å². The molecule has 1 aromatic carbocycles. The predicted molar refractivity (Wildman–Crippen MR) is 124 cm³/mol. The second-order valence-electron chi connectivity index (χ2n) is 7.87. The van der Waals surface area contributed by atoms with E-state index < -0.39 is 0 Å². The van der Waals surface area contributed by atoms with E-state index in [1.165, 1.54) is 5.56 Å². The third kappa shape index (κ3) is 6.01. The van der Waals surface area contributed by atoms with Crippen molar-refractivity contribution in [2.24, 2.45) is 4.99 Å². The van der Waals surface area contributed by atoms with E-state index in [-0.39, 0.29) is 36.2 Å². The molecular weight excluding hydrogens is 483 g/mol. The van der Waals surface area contributed by atoms with Crippen molar-refractivity contribution in [2.45, 2.75) is 52.5 Å². The lowest BCUT2D eigenvalue weighted by atomic mass is 9.84. The number of nitrogens with one attached hydrogen (secondary N) is 2. The Morgan fingerprint density at radius 3 is 2.62 bits per heavy atom. The molecule has 29 heavy (non-hydrogen) atoms. The minimum atomic E-state index is -0.117. The van der Waals surface area contributed by atoms with Crippen LogP contribution in [0, 0.1) is 0 Å². The first-order valence-corrected chi connectivity index (χ1v) is 9.77. The molecule has 2 aromatic rings. The number of benzene rings is 1. The van der Waals surface area contributed by atoms with E-state index in [2.05, 4.69) is 60.6 Å². The van der Waals surface area contributed by atoms with Gasteiger partial charge in [0.1, 0.15) is 6.54 Å². The van der Waals surface area contributed by atoms with Gasteiger partial charge in [-0.3, -0.25) is 0 Å². The molecule has 2 N–H and O–H groups in total. The summed E-state index contributed by atoms with van der Waals surface area (Å²) >= 11 is 0. The monoisotopic (exact) mass is 514 g/mol. The second kappa shape index (κ2) is 10.2. The van der Waals surface area contributed by atoms with E-state index in [4.69, 9.17) is 14.0 Å². The van der Waals surface area contributed by atoms with Crippen molar-refractivity contribution < 1.29 is 14.0 Å². The van der Waals surface area contributed by atoms with Crippen LogP contribution in [0.1, 0.15) is 57.6 Å². The Kier molecular flexibility index (Phi) is 8.18. The van der Waals surface area contributed by atoms with Gasteiger partial charge in [0.15, 0.2) is 23.2 Å². The van der Waals surface area contributed by atoms with Crippen LogP contribution in [0.3, 0.4) is 0 Å². The number of rotatable bonds is 7. The lowest BCUT2D eigenvalue weighted by Gasteiger charge is -2.27. The van der Waals surface area contributed by atoms with E-state index in [1.807, 2.05) is 19.1 Å². The summed E-state index contributed by atoms with van der Waals surface area (Å²) in [5.41, 5.74) is 2.01. The zero-order valence-electron chi connectivity index (χ0n) is 17.7. The van der Waals surface area contributed by atoms with Gasteiger partial charge in [0.25, 0.3) is 0 Å². The molecule has 0 saturated heterocycles. The zero-order valence-corrected chi connectivity index (χ0v) is 20.1. The number of aliphatic imine (C=N–C) groups is 1. The van der Waals surface area contributed by atoms with Crippen LogP contribution in [0.2, 0.25) is 0 Å². The van der Waals surface area contributed by atoms with Crippen LogP contribution in [-0.2, 0) is 12.0 Å². The van der Waals surface area contributed by atoms with Gasteiger partial charge < -0.3 is 24.6 Å². The molecule has 1 aliphatic rings. The Bertz CT molecular complexity index is 833. The molecule has 0 aliphatic carbocycles. The van der Waals surface area contributed by atoms with Crippen molar-refractivity contribution >= 4 is 29.9 Å². The first-order chi connectivity index (χ1) is 13.4. The van der Waals surface area contributed by atoms with Gasteiger partial charge in [-0.05, 0) is 30.5 Å². The minimum Gasteiger partial charge on any atom is -0.454 e. The summed E-state index contributed by atoms with van der Waals surface area (Å²) < 4.78 is 16.3. The molecule has 0 fully saturated rings. The lowest BCUT2D eigenvalue weighted by molar-refractivity contribution is 0.174. The molecular formula is C21H31IN4O3. The number of hydrogen-bond acceptors (Lipinski definition) is 5. The van der Waals surface area contributed by atoms with Crippen LogP contribution >= 0.6 is 24.0 Å². The summed E-state index contributed by atoms with van der Waals surface area (Å²) in [5, 5.41) is 10.8. The standard InChI is InChI=1S/C21H30N4O3.HI/c1-6-22-20(23-11-16-10-17(14(2)3)25-28-16)24-12-21(4,5)15-7-8-18-19(9-15)27-13-26-18;/h7-10,14H,6,11-13H2,1-5H3,(H2,22,23,24);1H. The zero-order chi connectivity index (χ0) is 20.1. The molecule has 0 saturated carbocycles. The van der Waals surface area contributed by atoms with Crippen LogP contribution in [0.5, 0.6) is 11.5 Å². The summed E-state index contributed by atoms with van der Waals surface area (Å²) in [6, 6.07) is 8.07. The van der Waals surface area contributed by atoms with Crippen molar-refractivity contribution in [3.05, 3.63) is 41.3 Å². The van der Waals surface area contributed by atoms with Gasteiger partial charge in [-0.1, -0.05) is 38.9 Å². The fourth-order valence-electron chi connectivity index (χ4n) is 2.90. The predicted octanol–water partition coefficient (Wildman–Crippen LogP) is 4.18. The fraction of sp³-hybridized carbons (Fsp3) is 0.524. The van der Waals surface area contributed by atoms with Crippen molar-refractivity contribution in [1.82, 2.24) is 15.8 Å². The number of nitrogens with zero attached hydrogens (tertiary/aromatic N) is 2. The Morgan fingerprint density at radius 1 is 1.17 bits per heavy atom.